The Labute approximate surface area is 193 Å². The highest BCUT2D eigenvalue weighted by Crippen LogP contribution is 2.43. The van der Waals surface area contributed by atoms with Crippen LogP contribution in [-0.4, -0.2) is 49.3 Å². The second kappa shape index (κ2) is 20.6. The lowest BCUT2D eigenvalue weighted by Crippen LogP contribution is -2.29. The molecule has 0 radical (unpaired) electrons. The monoisotopic (exact) mass is 481 g/mol. The molecule has 0 aromatic rings. The summed E-state index contributed by atoms with van der Waals surface area (Å²) in [4.78, 5) is 33.5. The third-order valence-electron chi connectivity index (χ3n) is 4.74. The number of carbonyl (C=O) groups is 2. The van der Waals surface area contributed by atoms with Crippen LogP contribution in [0.1, 0.15) is 97.3 Å². The Hall–Kier alpha value is -0.990. The molecule has 1 unspecified atom stereocenters. The van der Waals surface area contributed by atoms with Crippen molar-refractivity contribution in [3.63, 3.8) is 0 Å². The van der Waals surface area contributed by atoms with Crippen LogP contribution < -0.4 is 5.73 Å². The largest absolute Gasteiger partial charge is 0.472 e. The first kappa shape index (κ1) is 31.0. The molecule has 0 aliphatic rings. The number of rotatable bonds is 22. The number of phosphoric ester groups is 1. The van der Waals surface area contributed by atoms with Gasteiger partial charge in [0.2, 0.25) is 0 Å². The molecule has 0 saturated carbocycles. The number of hydrogen-bond donors (Lipinski definition) is 2. The fraction of sp³-hybridized carbons (Fsp3) is 0.909. The van der Waals surface area contributed by atoms with E-state index in [0.29, 0.717) is 12.8 Å². The highest BCUT2D eigenvalue weighted by atomic mass is 31.2. The second-order valence-electron chi connectivity index (χ2n) is 7.86. The lowest BCUT2D eigenvalue weighted by Gasteiger charge is -2.19. The Morgan fingerprint density at radius 3 is 1.97 bits per heavy atom. The fourth-order valence-corrected chi connectivity index (χ4v) is 3.67. The maximum Gasteiger partial charge on any atom is 0.472 e. The molecule has 0 aliphatic heterocycles. The van der Waals surface area contributed by atoms with Crippen LogP contribution in [0.15, 0.2) is 0 Å². The molecule has 0 bridgehead atoms. The summed E-state index contributed by atoms with van der Waals surface area (Å²) >= 11 is 0. The zero-order valence-corrected chi connectivity index (χ0v) is 20.8. The molecule has 0 saturated heterocycles. The van der Waals surface area contributed by atoms with Crippen LogP contribution in [0.4, 0.5) is 0 Å². The molecule has 0 aromatic heterocycles. The van der Waals surface area contributed by atoms with Gasteiger partial charge in [-0.25, -0.2) is 4.57 Å². The normalized spacial score (nSPS) is 14.0. The number of unbranched alkanes of at least 4 members (excludes halogenated alkanes) is 9. The Balaban J connectivity index is 4.33. The molecular weight excluding hydrogens is 437 g/mol. The molecule has 0 aromatic carbocycles. The number of nitrogens with two attached hydrogens (primary N) is 1. The van der Waals surface area contributed by atoms with E-state index in [9.17, 15) is 19.0 Å². The van der Waals surface area contributed by atoms with E-state index in [1.54, 1.807) is 0 Å². The number of phosphoric acid groups is 1. The third kappa shape index (κ3) is 19.7. The van der Waals surface area contributed by atoms with Gasteiger partial charge < -0.3 is 20.1 Å². The molecule has 2 atom stereocenters. The average molecular weight is 482 g/mol. The van der Waals surface area contributed by atoms with E-state index < -0.39 is 32.5 Å². The molecule has 0 aliphatic carbocycles. The van der Waals surface area contributed by atoms with E-state index in [4.69, 9.17) is 19.7 Å². The van der Waals surface area contributed by atoms with Crippen molar-refractivity contribution in [2.24, 2.45) is 5.73 Å². The standard InChI is InChI=1S/C22H44NO8P/c1-3-5-7-8-9-10-11-12-13-15-22(25)31-20(18-28-21(24)14-6-4-2)19-30-32(26,27)29-17-16-23/h20H,3-19,23H2,1-2H3,(H,26,27)/t20-/m1/s1. The molecule has 0 rings (SSSR count). The summed E-state index contributed by atoms with van der Waals surface area (Å²) in [7, 11) is -4.33. The van der Waals surface area contributed by atoms with Crippen molar-refractivity contribution in [2.75, 3.05) is 26.4 Å². The molecule has 9 nitrogen and oxygen atoms in total. The van der Waals surface area contributed by atoms with E-state index in [2.05, 4.69) is 11.4 Å². The van der Waals surface area contributed by atoms with Gasteiger partial charge in [-0.1, -0.05) is 71.6 Å². The zero-order chi connectivity index (χ0) is 24.1. The van der Waals surface area contributed by atoms with Crippen molar-refractivity contribution in [1.82, 2.24) is 0 Å². The summed E-state index contributed by atoms with van der Waals surface area (Å²) in [6, 6.07) is 0. The number of hydrogen-bond acceptors (Lipinski definition) is 8. The van der Waals surface area contributed by atoms with Crippen molar-refractivity contribution in [1.29, 1.82) is 0 Å². The Kier molecular flexibility index (Phi) is 20.0. The summed E-state index contributed by atoms with van der Waals surface area (Å²) in [5, 5.41) is 0. The number of ether oxygens (including phenoxy) is 2. The van der Waals surface area contributed by atoms with E-state index in [0.717, 1.165) is 25.7 Å². The van der Waals surface area contributed by atoms with Crippen molar-refractivity contribution in [2.45, 2.75) is 103 Å². The van der Waals surface area contributed by atoms with Gasteiger partial charge in [0.25, 0.3) is 0 Å². The predicted octanol–water partition coefficient (Wildman–Crippen LogP) is 4.64. The minimum absolute atomic E-state index is 0.0557. The molecule has 32 heavy (non-hydrogen) atoms. The van der Waals surface area contributed by atoms with Crippen LogP contribution in [0.3, 0.4) is 0 Å². The predicted molar refractivity (Wildman–Crippen MR) is 123 cm³/mol. The third-order valence-corrected chi connectivity index (χ3v) is 5.73. The molecular formula is C22H44NO8P. The van der Waals surface area contributed by atoms with Crippen molar-refractivity contribution in [3.05, 3.63) is 0 Å². The van der Waals surface area contributed by atoms with Gasteiger partial charge in [-0.3, -0.25) is 18.6 Å². The van der Waals surface area contributed by atoms with Crippen LogP contribution in [0, 0.1) is 0 Å². The number of carbonyl (C=O) groups excluding carboxylic acids is 2. The van der Waals surface area contributed by atoms with Crippen LogP contribution in [-0.2, 0) is 32.7 Å². The van der Waals surface area contributed by atoms with Gasteiger partial charge in [0.15, 0.2) is 6.10 Å². The summed E-state index contributed by atoms with van der Waals surface area (Å²) in [6.07, 6.45) is 11.2. The first-order valence-electron chi connectivity index (χ1n) is 12.0. The van der Waals surface area contributed by atoms with Gasteiger partial charge >= 0.3 is 19.8 Å². The fourth-order valence-electron chi connectivity index (χ4n) is 2.90. The smallest absolute Gasteiger partial charge is 0.462 e. The first-order valence-corrected chi connectivity index (χ1v) is 13.5. The molecule has 0 amide bonds. The highest BCUT2D eigenvalue weighted by Gasteiger charge is 2.25. The highest BCUT2D eigenvalue weighted by molar-refractivity contribution is 7.47. The SMILES string of the molecule is CCCCCCCCCCCC(=O)O[C@H](COC(=O)CCCC)COP(=O)(O)OCCN. The van der Waals surface area contributed by atoms with Crippen LogP contribution in [0.5, 0.6) is 0 Å². The van der Waals surface area contributed by atoms with Gasteiger partial charge in [0.05, 0.1) is 13.2 Å². The van der Waals surface area contributed by atoms with Crippen molar-refractivity contribution < 1.29 is 37.6 Å². The zero-order valence-electron chi connectivity index (χ0n) is 19.9. The first-order chi connectivity index (χ1) is 15.3. The van der Waals surface area contributed by atoms with Crippen LogP contribution >= 0.6 is 7.82 Å². The lowest BCUT2D eigenvalue weighted by molar-refractivity contribution is -0.161. The van der Waals surface area contributed by atoms with Gasteiger partial charge in [-0.15, -0.1) is 0 Å². The number of esters is 2. The van der Waals surface area contributed by atoms with E-state index in [1.165, 1.54) is 32.1 Å². The quantitative estimate of drug-likeness (QED) is 0.129. The maximum atomic E-state index is 12.2. The Morgan fingerprint density at radius 1 is 0.812 bits per heavy atom. The van der Waals surface area contributed by atoms with Crippen LogP contribution in [0.25, 0.3) is 0 Å². The van der Waals surface area contributed by atoms with Gasteiger partial charge in [-0.2, -0.15) is 0 Å². The van der Waals surface area contributed by atoms with Gasteiger partial charge in [-0.05, 0) is 12.8 Å². The molecule has 3 N–H and O–H groups in total. The van der Waals surface area contributed by atoms with Gasteiger partial charge in [0.1, 0.15) is 6.61 Å². The summed E-state index contributed by atoms with van der Waals surface area (Å²) in [5.74, 6) is -0.875. The molecule has 10 heteroatoms. The average Bonchev–Trinajstić information content (AvgIpc) is 2.77. The summed E-state index contributed by atoms with van der Waals surface area (Å²) in [5.41, 5.74) is 5.24. The Bertz CT molecular complexity index is 532. The van der Waals surface area contributed by atoms with E-state index in [1.807, 2.05) is 6.92 Å². The lowest BCUT2D eigenvalue weighted by atomic mass is 10.1. The van der Waals surface area contributed by atoms with E-state index in [-0.39, 0.29) is 32.6 Å². The minimum atomic E-state index is -4.33. The molecule has 0 heterocycles. The topological polar surface area (TPSA) is 134 Å². The minimum Gasteiger partial charge on any atom is -0.462 e. The maximum absolute atomic E-state index is 12.2. The van der Waals surface area contributed by atoms with Crippen molar-refractivity contribution in [3.8, 4) is 0 Å². The summed E-state index contributed by atoms with van der Waals surface area (Å²) < 4.78 is 31.8. The molecule has 0 spiro atoms. The van der Waals surface area contributed by atoms with Crippen molar-refractivity contribution >= 4 is 19.8 Å². The van der Waals surface area contributed by atoms with Crippen LogP contribution in [0.2, 0.25) is 0 Å². The second-order valence-corrected chi connectivity index (χ2v) is 9.32. The molecule has 0 fully saturated rings. The molecule has 190 valence electrons. The van der Waals surface area contributed by atoms with Gasteiger partial charge in [0, 0.05) is 19.4 Å². The Morgan fingerprint density at radius 2 is 1.38 bits per heavy atom. The van der Waals surface area contributed by atoms with E-state index >= 15 is 0 Å². The summed E-state index contributed by atoms with van der Waals surface area (Å²) in [6.45, 7) is 3.39.